The molecule has 0 saturated heterocycles. The van der Waals surface area contributed by atoms with Crippen LogP contribution in [-0.4, -0.2) is 24.6 Å². The van der Waals surface area contributed by atoms with E-state index >= 15 is 0 Å². The third-order valence-corrected chi connectivity index (χ3v) is 5.45. The van der Waals surface area contributed by atoms with Crippen molar-refractivity contribution < 1.29 is 19.1 Å². The van der Waals surface area contributed by atoms with Crippen molar-refractivity contribution in [1.29, 1.82) is 0 Å². The van der Waals surface area contributed by atoms with E-state index in [4.69, 9.17) is 9.47 Å². The standard InChI is InChI=1S/C26H26BrN3O4/c1-4-33-22-14-20(13-21(27)24(22)34-16-19-11-6-5-7-12-19)15-28-30-26(32)25(31)29-23-17(2)9-8-10-18(23)3/h5-15H,4,16H2,1-3H3,(H,29,31)(H,30,32). The SMILES string of the molecule is CCOc1cc(C=NNC(=O)C(=O)Nc2c(C)cccc2C)cc(Br)c1OCc1ccccc1. The average molecular weight is 524 g/mol. The van der Waals surface area contributed by atoms with Gasteiger partial charge in [-0.05, 0) is 71.1 Å². The molecule has 2 amide bonds. The summed E-state index contributed by atoms with van der Waals surface area (Å²) in [6.07, 6.45) is 1.43. The maximum absolute atomic E-state index is 12.2. The van der Waals surface area contributed by atoms with E-state index in [1.165, 1.54) is 6.21 Å². The molecule has 0 saturated carbocycles. The Morgan fingerprint density at radius 2 is 1.68 bits per heavy atom. The summed E-state index contributed by atoms with van der Waals surface area (Å²) in [7, 11) is 0. The molecule has 0 aliphatic rings. The number of benzene rings is 3. The average Bonchev–Trinajstić information content (AvgIpc) is 2.81. The molecule has 0 aliphatic heterocycles. The van der Waals surface area contributed by atoms with Crippen molar-refractivity contribution in [2.45, 2.75) is 27.4 Å². The highest BCUT2D eigenvalue weighted by atomic mass is 79.9. The van der Waals surface area contributed by atoms with E-state index in [1.807, 2.05) is 69.3 Å². The second-order valence-electron chi connectivity index (χ2n) is 7.46. The molecule has 0 spiro atoms. The number of para-hydroxylation sites is 1. The molecular formula is C26H26BrN3O4. The summed E-state index contributed by atoms with van der Waals surface area (Å²) in [5, 5.41) is 6.54. The molecule has 34 heavy (non-hydrogen) atoms. The van der Waals surface area contributed by atoms with Gasteiger partial charge in [0.2, 0.25) is 0 Å². The lowest BCUT2D eigenvalue weighted by Crippen LogP contribution is -2.32. The zero-order chi connectivity index (χ0) is 24.5. The van der Waals surface area contributed by atoms with Gasteiger partial charge in [-0.1, -0.05) is 48.5 Å². The number of nitrogens with zero attached hydrogens (tertiary/aromatic N) is 1. The van der Waals surface area contributed by atoms with E-state index in [0.29, 0.717) is 40.4 Å². The quantitative estimate of drug-likeness (QED) is 0.243. The Kier molecular flexibility index (Phi) is 8.81. The van der Waals surface area contributed by atoms with E-state index in [0.717, 1.165) is 16.7 Å². The van der Waals surface area contributed by atoms with Gasteiger partial charge in [-0.3, -0.25) is 9.59 Å². The molecule has 3 aromatic carbocycles. The van der Waals surface area contributed by atoms with Gasteiger partial charge in [0.15, 0.2) is 11.5 Å². The van der Waals surface area contributed by atoms with E-state index in [2.05, 4.69) is 31.8 Å². The van der Waals surface area contributed by atoms with Crippen LogP contribution in [0.3, 0.4) is 0 Å². The number of nitrogens with one attached hydrogen (secondary N) is 2. The van der Waals surface area contributed by atoms with Gasteiger partial charge >= 0.3 is 11.8 Å². The molecule has 0 unspecified atom stereocenters. The van der Waals surface area contributed by atoms with Crippen molar-refractivity contribution in [3.05, 3.63) is 87.4 Å². The first-order valence-corrected chi connectivity index (χ1v) is 11.5. The number of anilines is 1. The molecular weight excluding hydrogens is 498 g/mol. The summed E-state index contributed by atoms with van der Waals surface area (Å²) < 4.78 is 12.4. The number of ether oxygens (including phenoxy) is 2. The zero-order valence-corrected chi connectivity index (χ0v) is 20.8. The van der Waals surface area contributed by atoms with E-state index in [9.17, 15) is 9.59 Å². The van der Waals surface area contributed by atoms with Crippen molar-refractivity contribution in [1.82, 2.24) is 5.43 Å². The molecule has 3 aromatic rings. The van der Waals surface area contributed by atoms with Gasteiger partial charge in [0.05, 0.1) is 17.3 Å². The number of halogens is 1. The summed E-state index contributed by atoms with van der Waals surface area (Å²) in [5.74, 6) is -0.561. The predicted octanol–water partition coefficient (Wildman–Crippen LogP) is 5.13. The highest BCUT2D eigenvalue weighted by Crippen LogP contribution is 2.37. The largest absolute Gasteiger partial charge is 0.490 e. The van der Waals surface area contributed by atoms with E-state index < -0.39 is 11.8 Å². The number of aryl methyl sites for hydroxylation is 2. The van der Waals surface area contributed by atoms with Crippen LogP contribution >= 0.6 is 15.9 Å². The maximum Gasteiger partial charge on any atom is 0.329 e. The van der Waals surface area contributed by atoms with Gasteiger partial charge in [0, 0.05) is 5.69 Å². The molecule has 0 aromatic heterocycles. The fourth-order valence-electron chi connectivity index (χ4n) is 3.19. The van der Waals surface area contributed by atoms with Crippen LogP contribution in [0.1, 0.15) is 29.2 Å². The second kappa shape index (κ2) is 12.0. The summed E-state index contributed by atoms with van der Waals surface area (Å²) >= 11 is 3.52. The van der Waals surface area contributed by atoms with E-state index in [1.54, 1.807) is 12.1 Å². The summed E-state index contributed by atoms with van der Waals surface area (Å²) in [6, 6.07) is 19.0. The molecule has 0 fully saturated rings. The van der Waals surface area contributed by atoms with Gasteiger partial charge in [-0.25, -0.2) is 5.43 Å². The minimum Gasteiger partial charge on any atom is -0.490 e. The number of hydrogen-bond acceptors (Lipinski definition) is 5. The topological polar surface area (TPSA) is 89.0 Å². The summed E-state index contributed by atoms with van der Waals surface area (Å²) in [6.45, 7) is 6.44. The number of amides is 2. The van der Waals surface area contributed by atoms with Crippen molar-refractivity contribution in [3.63, 3.8) is 0 Å². The highest BCUT2D eigenvalue weighted by Gasteiger charge is 2.16. The number of hydrogen-bond donors (Lipinski definition) is 2. The van der Waals surface area contributed by atoms with Crippen molar-refractivity contribution in [2.75, 3.05) is 11.9 Å². The molecule has 0 bridgehead atoms. The second-order valence-corrected chi connectivity index (χ2v) is 8.31. The van der Waals surface area contributed by atoms with Crippen molar-refractivity contribution in [2.24, 2.45) is 5.10 Å². The third-order valence-electron chi connectivity index (χ3n) is 4.86. The van der Waals surface area contributed by atoms with Crippen LogP contribution in [-0.2, 0) is 16.2 Å². The Bertz CT molecular complexity index is 1180. The lowest BCUT2D eigenvalue weighted by Gasteiger charge is -2.14. The number of hydrazone groups is 1. The van der Waals surface area contributed by atoms with E-state index in [-0.39, 0.29) is 0 Å². The monoisotopic (exact) mass is 523 g/mol. The minimum absolute atomic E-state index is 0.387. The van der Waals surface area contributed by atoms with Crippen LogP contribution in [0.2, 0.25) is 0 Å². The Morgan fingerprint density at radius 1 is 0.971 bits per heavy atom. The Labute approximate surface area is 207 Å². The molecule has 2 N–H and O–H groups in total. The zero-order valence-electron chi connectivity index (χ0n) is 19.2. The molecule has 7 nitrogen and oxygen atoms in total. The normalized spacial score (nSPS) is 10.7. The predicted molar refractivity (Wildman–Crippen MR) is 136 cm³/mol. The summed E-state index contributed by atoms with van der Waals surface area (Å²) in [5.41, 5.74) is 6.29. The number of carbonyl (C=O) groups excluding carboxylic acids is 2. The molecule has 8 heteroatoms. The van der Waals surface area contributed by atoms with Crippen LogP contribution in [0.4, 0.5) is 5.69 Å². The smallest absolute Gasteiger partial charge is 0.329 e. The Balaban J connectivity index is 1.66. The Hall–Kier alpha value is -3.65. The van der Waals surface area contributed by atoms with Gasteiger partial charge < -0.3 is 14.8 Å². The lowest BCUT2D eigenvalue weighted by atomic mass is 10.1. The molecule has 176 valence electrons. The third kappa shape index (κ3) is 6.68. The molecule has 0 heterocycles. The Morgan fingerprint density at radius 3 is 2.35 bits per heavy atom. The van der Waals surface area contributed by atoms with Gasteiger partial charge in [0.25, 0.3) is 0 Å². The first-order valence-electron chi connectivity index (χ1n) is 10.7. The molecule has 0 radical (unpaired) electrons. The van der Waals surface area contributed by atoms with Gasteiger partial charge in [-0.2, -0.15) is 5.10 Å². The van der Waals surface area contributed by atoms with Crippen LogP contribution in [0.15, 0.2) is 70.2 Å². The van der Waals surface area contributed by atoms with Gasteiger partial charge in [-0.15, -0.1) is 0 Å². The molecule has 3 rings (SSSR count). The minimum atomic E-state index is -0.870. The molecule has 0 atom stereocenters. The van der Waals surface area contributed by atoms with Crippen molar-refractivity contribution in [3.8, 4) is 11.5 Å². The van der Waals surface area contributed by atoms with Gasteiger partial charge in [0.1, 0.15) is 6.61 Å². The fraction of sp³-hybridized carbons (Fsp3) is 0.192. The summed E-state index contributed by atoms with van der Waals surface area (Å²) in [4.78, 5) is 24.4. The first kappa shape index (κ1) is 25.0. The van der Waals surface area contributed by atoms with Crippen LogP contribution in [0.5, 0.6) is 11.5 Å². The fourth-order valence-corrected chi connectivity index (χ4v) is 3.77. The molecule has 0 aliphatic carbocycles. The van der Waals surface area contributed by atoms with Crippen LogP contribution in [0.25, 0.3) is 0 Å². The highest BCUT2D eigenvalue weighted by molar-refractivity contribution is 9.10. The van der Waals surface area contributed by atoms with Crippen molar-refractivity contribution >= 4 is 39.6 Å². The van der Waals surface area contributed by atoms with Crippen LogP contribution < -0.4 is 20.2 Å². The first-order chi connectivity index (χ1) is 16.4. The van der Waals surface area contributed by atoms with Crippen LogP contribution in [0, 0.1) is 13.8 Å². The number of carbonyl (C=O) groups is 2. The maximum atomic E-state index is 12.2. The number of rotatable bonds is 8. The lowest BCUT2D eigenvalue weighted by molar-refractivity contribution is -0.136.